The second-order valence-corrected chi connectivity index (χ2v) is 5.85. The Morgan fingerprint density at radius 2 is 2.14 bits per heavy atom. The summed E-state index contributed by atoms with van der Waals surface area (Å²) < 4.78 is 18.9. The number of ether oxygens (including phenoxy) is 1. The van der Waals surface area contributed by atoms with Gasteiger partial charge in [-0.2, -0.15) is 4.39 Å². The third-order valence-corrected chi connectivity index (χ3v) is 2.64. The minimum atomic E-state index is -0.903. The molecule has 0 aliphatic heterocycles. The van der Waals surface area contributed by atoms with Crippen molar-refractivity contribution in [1.29, 1.82) is 0 Å². The fourth-order valence-electron chi connectivity index (χ4n) is 1.75. The molecule has 7 nitrogen and oxygen atoms in total. The molecule has 0 heterocycles. The van der Waals surface area contributed by atoms with Gasteiger partial charge in [-0.1, -0.05) is 12.1 Å². The Balaban J connectivity index is 2.59. The molecule has 122 valence electrons. The maximum atomic E-state index is 13.9. The Hall–Kier alpha value is -2.22. The van der Waals surface area contributed by atoms with Gasteiger partial charge in [0, 0.05) is 18.7 Å². The minimum absolute atomic E-state index is 0.0588. The van der Waals surface area contributed by atoms with Crippen molar-refractivity contribution in [1.82, 2.24) is 5.32 Å². The molecule has 0 spiro atoms. The summed E-state index contributed by atoms with van der Waals surface area (Å²) in [5.74, 6) is -0.903. The average Bonchev–Trinajstić information content (AvgIpc) is 2.36. The van der Waals surface area contributed by atoms with E-state index in [2.05, 4.69) is 5.32 Å². The molecule has 8 heteroatoms. The van der Waals surface area contributed by atoms with Gasteiger partial charge >= 0.3 is 11.8 Å². The number of nitrogens with zero attached hydrogens (tertiary/aromatic N) is 1. The van der Waals surface area contributed by atoms with E-state index in [1.54, 1.807) is 20.8 Å². The largest absolute Gasteiger partial charge is 0.444 e. The maximum Gasteiger partial charge on any atom is 0.407 e. The van der Waals surface area contributed by atoms with E-state index in [-0.39, 0.29) is 18.5 Å². The molecule has 3 N–H and O–H groups in total. The van der Waals surface area contributed by atoms with Crippen molar-refractivity contribution in [2.45, 2.75) is 38.8 Å². The van der Waals surface area contributed by atoms with E-state index in [0.29, 0.717) is 0 Å². The topological polar surface area (TPSA) is 107 Å². The van der Waals surface area contributed by atoms with E-state index >= 15 is 0 Å². The number of amides is 1. The van der Waals surface area contributed by atoms with Crippen molar-refractivity contribution in [3.63, 3.8) is 0 Å². The van der Waals surface area contributed by atoms with Crippen LogP contribution in [0.25, 0.3) is 0 Å². The average molecular weight is 313 g/mol. The molecule has 22 heavy (non-hydrogen) atoms. The van der Waals surface area contributed by atoms with Gasteiger partial charge in [-0.15, -0.1) is 0 Å². The number of carbonyl (C=O) groups is 1. The molecule has 0 saturated carbocycles. The molecule has 0 radical (unpaired) electrons. The summed E-state index contributed by atoms with van der Waals surface area (Å²) in [6.07, 6.45) is -0.564. The zero-order valence-corrected chi connectivity index (χ0v) is 12.8. The van der Waals surface area contributed by atoms with Crippen molar-refractivity contribution in [2.24, 2.45) is 5.73 Å². The smallest absolute Gasteiger partial charge is 0.407 e. The lowest BCUT2D eigenvalue weighted by Crippen LogP contribution is -2.41. The van der Waals surface area contributed by atoms with Crippen LogP contribution in [-0.2, 0) is 11.2 Å². The second kappa shape index (κ2) is 7.17. The van der Waals surface area contributed by atoms with Crippen LogP contribution in [0.4, 0.5) is 14.9 Å². The third-order valence-electron chi connectivity index (χ3n) is 2.64. The molecule has 1 atom stereocenters. The monoisotopic (exact) mass is 313 g/mol. The summed E-state index contributed by atoms with van der Waals surface area (Å²) in [6, 6.07) is 3.31. The number of benzene rings is 1. The number of nitrogens with two attached hydrogens (primary N) is 1. The first-order valence-electron chi connectivity index (χ1n) is 6.74. The van der Waals surface area contributed by atoms with E-state index in [9.17, 15) is 19.3 Å². The van der Waals surface area contributed by atoms with Crippen molar-refractivity contribution in [3.8, 4) is 0 Å². The van der Waals surface area contributed by atoms with Gasteiger partial charge in [0.1, 0.15) is 5.60 Å². The number of halogens is 1. The first-order valence-corrected chi connectivity index (χ1v) is 6.74. The molecule has 1 rings (SSSR count). The number of hydrogen-bond donors (Lipinski definition) is 2. The van der Waals surface area contributed by atoms with Gasteiger partial charge in [-0.3, -0.25) is 10.1 Å². The van der Waals surface area contributed by atoms with Crippen LogP contribution in [0.15, 0.2) is 18.2 Å². The molecule has 1 aromatic carbocycles. The Labute approximate surface area is 127 Å². The highest BCUT2D eigenvalue weighted by molar-refractivity contribution is 5.67. The van der Waals surface area contributed by atoms with Gasteiger partial charge in [0.15, 0.2) is 0 Å². The third kappa shape index (κ3) is 5.65. The Morgan fingerprint density at radius 1 is 1.50 bits per heavy atom. The van der Waals surface area contributed by atoms with Gasteiger partial charge in [0.2, 0.25) is 5.82 Å². The van der Waals surface area contributed by atoms with Crippen LogP contribution < -0.4 is 11.1 Å². The van der Waals surface area contributed by atoms with E-state index in [1.165, 1.54) is 12.1 Å². The number of hydrogen-bond acceptors (Lipinski definition) is 5. The first-order chi connectivity index (χ1) is 10.1. The maximum absolute atomic E-state index is 13.9. The lowest BCUT2D eigenvalue weighted by atomic mass is 10.1. The summed E-state index contributed by atoms with van der Waals surface area (Å²) in [5, 5.41) is 13.1. The summed E-state index contributed by atoms with van der Waals surface area (Å²) >= 11 is 0. The van der Waals surface area contributed by atoms with Crippen LogP contribution in [0, 0.1) is 15.9 Å². The number of carbonyl (C=O) groups excluding carboxylic acids is 1. The fraction of sp³-hybridized carbons (Fsp3) is 0.500. The van der Waals surface area contributed by atoms with E-state index in [0.717, 1.165) is 6.07 Å². The molecule has 0 aliphatic carbocycles. The summed E-state index contributed by atoms with van der Waals surface area (Å²) in [7, 11) is 0. The van der Waals surface area contributed by atoms with Crippen LogP contribution in [0.1, 0.15) is 26.3 Å². The normalized spacial score (nSPS) is 12.6. The van der Waals surface area contributed by atoms with Gasteiger partial charge in [0.05, 0.1) is 4.92 Å². The number of nitro groups is 1. The molecule has 0 saturated heterocycles. The summed E-state index contributed by atoms with van der Waals surface area (Å²) in [6.45, 7) is 5.25. The summed E-state index contributed by atoms with van der Waals surface area (Å²) in [4.78, 5) is 21.4. The number of rotatable bonds is 5. The Bertz CT molecular complexity index is 558. The van der Waals surface area contributed by atoms with Crippen LogP contribution >= 0.6 is 0 Å². The molecule has 0 aromatic heterocycles. The van der Waals surface area contributed by atoms with Crippen LogP contribution in [0.5, 0.6) is 0 Å². The van der Waals surface area contributed by atoms with E-state index in [4.69, 9.17) is 10.5 Å². The zero-order valence-electron chi connectivity index (χ0n) is 12.8. The summed E-state index contributed by atoms with van der Waals surface area (Å²) in [5.41, 5.74) is 4.72. The van der Waals surface area contributed by atoms with Gasteiger partial charge in [-0.05, 0) is 32.8 Å². The van der Waals surface area contributed by atoms with Crippen LogP contribution in [0.3, 0.4) is 0 Å². The van der Waals surface area contributed by atoms with Crippen molar-refractivity contribution < 1.29 is 18.8 Å². The number of alkyl carbamates (subject to hydrolysis) is 1. The minimum Gasteiger partial charge on any atom is -0.444 e. The molecule has 1 unspecified atom stereocenters. The lowest BCUT2D eigenvalue weighted by molar-refractivity contribution is -0.387. The second-order valence-electron chi connectivity index (χ2n) is 5.85. The number of nitrogens with one attached hydrogen (secondary N) is 1. The fourth-order valence-corrected chi connectivity index (χ4v) is 1.75. The van der Waals surface area contributed by atoms with Gasteiger partial charge < -0.3 is 15.8 Å². The van der Waals surface area contributed by atoms with Crippen LogP contribution in [0.2, 0.25) is 0 Å². The molecular formula is C14H20FN3O4. The highest BCUT2D eigenvalue weighted by atomic mass is 19.1. The lowest BCUT2D eigenvalue weighted by Gasteiger charge is -2.20. The van der Waals surface area contributed by atoms with E-state index in [1.807, 2.05) is 0 Å². The van der Waals surface area contributed by atoms with E-state index < -0.39 is 34.2 Å². The van der Waals surface area contributed by atoms with Gasteiger partial charge in [0.25, 0.3) is 0 Å². The van der Waals surface area contributed by atoms with Crippen LogP contribution in [-0.4, -0.2) is 29.2 Å². The molecule has 0 bridgehead atoms. The Morgan fingerprint density at radius 3 is 2.68 bits per heavy atom. The standard InChI is InChI=1S/C14H20FN3O4/c1-14(2,3)22-13(19)17-8-10(16)7-9-5-4-6-11(12(9)15)18(20)21/h4-6,10H,7-8,16H2,1-3H3,(H,17,19). The molecule has 0 fully saturated rings. The van der Waals surface area contributed by atoms with Crippen molar-refractivity contribution in [3.05, 3.63) is 39.7 Å². The first kappa shape index (κ1) is 17.8. The zero-order chi connectivity index (χ0) is 16.9. The SMILES string of the molecule is CC(C)(C)OC(=O)NCC(N)Cc1cccc([N+](=O)[O-])c1F. The predicted molar refractivity (Wildman–Crippen MR) is 79.0 cm³/mol. The van der Waals surface area contributed by atoms with Gasteiger partial charge in [-0.25, -0.2) is 4.79 Å². The van der Waals surface area contributed by atoms with Crippen molar-refractivity contribution >= 4 is 11.8 Å². The molecule has 1 amide bonds. The highest BCUT2D eigenvalue weighted by Crippen LogP contribution is 2.20. The molecule has 1 aromatic rings. The van der Waals surface area contributed by atoms with Crippen molar-refractivity contribution in [2.75, 3.05) is 6.54 Å². The highest BCUT2D eigenvalue weighted by Gasteiger charge is 2.20. The number of nitro benzene ring substituents is 1. The predicted octanol–water partition coefficient (Wildman–Crippen LogP) is 2.13. The Kier molecular flexibility index (Phi) is 5.81. The molecular weight excluding hydrogens is 293 g/mol. The molecule has 0 aliphatic rings. The quantitative estimate of drug-likeness (QED) is 0.639.